The van der Waals surface area contributed by atoms with Crippen molar-refractivity contribution in [2.75, 3.05) is 27.2 Å². The molecule has 0 bridgehead atoms. The van der Waals surface area contributed by atoms with Crippen LogP contribution in [0.1, 0.15) is 34.7 Å². The molecule has 2 heterocycles. The van der Waals surface area contributed by atoms with Crippen molar-refractivity contribution in [3.05, 3.63) is 23.2 Å². The number of aryl methyl sites for hydroxylation is 1. The molecule has 5 heteroatoms. The summed E-state index contributed by atoms with van der Waals surface area (Å²) in [6.07, 6.45) is 2.50. The average molecular weight is 266 g/mol. The first-order chi connectivity index (χ1) is 8.97. The number of carbonyl (C=O) groups is 1. The molecule has 2 rings (SSSR count). The summed E-state index contributed by atoms with van der Waals surface area (Å²) in [7, 11) is 4.20. The molecule has 1 fully saturated rings. The molecule has 5 nitrogen and oxygen atoms in total. The molecule has 0 saturated carbocycles. The Bertz CT molecular complexity index is 456. The summed E-state index contributed by atoms with van der Waals surface area (Å²) in [6, 6.07) is 2.41. The predicted octanol–water partition coefficient (Wildman–Crippen LogP) is 1.81. The van der Waals surface area contributed by atoms with Crippen LogP contribution in [0, 0.1) is 6.92 Å². The van der Waals surface area contributed by atoms with Crippen molar-refractivity contribution in [3.8, 4) is 0 Å². The third kappa shape index (κ3) is 3.36. The topological polar surface area (TPSA) is 56.9 Å². The van der Waals surface area contributed by atoms with Crippen LogP contribution in [0.4, 0.5) is 0 Å². The molecule has 0 amide bonds. The van der Waals surface area contributed by atoms with Gasteiger partial charge in [-0.15, -0.1) is 0 Å². The second-order valence-corrected chi connectivity index (χ2v) is 5.50. The molecule has 1 saturated heterocycles. The Kier molecular flexibility index (Phi) is 4.27. The third-order valence-electron chi connectivity index (χ3n) is 3.78. The molecule has 1 atom stereocenters. The molecule has 1 aromatic rings. The Morgan fingerprint density at radius 2 is 2.37 bits per heavy atom. The molecule has 0 aromatic carbocycles. The van der Waals surface area contributed by atoms with Gasteiger partial charge in [-0.2, -0.15) is 0 Å². The monoisotopic (exact) mass is 266 g/mol. The van der Waals surface area contributed by atoms with Crippen molar-refractivity contribution in [1.82, 2.24) is 9.80 Å². The van der Waals surface area contributed by atoms with Crippen molar-refractivity contribution in [3.63, 3.8) is 0 Å². The minimum absolute atomic E-state index is 0.0568. The van der Waals surface area contributed by atoms with E-state index >= 15 is 0 Å². The third-order valence-corrected chi connectivity index (χ3v) is 3.78. The molecule has 0 radical (unpaired) electrons. The number of nitrogens with zero attached hydrogens (tertiary/aromatic N) is 2. The van der Waals surface area contributed by atoms with Crippen LogP contribution < -0.4 is 0 Å². The first-order valence-electron chi connectivity index (χ1n) is 6.68. The second kappa shape index (κ2) is 5.75. The van der Waals surface area contributed by atoms with E-state index in [2.05, 4.69) is 16.8 Å². The Morgan fingerprint density at radius 3 is 2.89 bits per heavy atom. The van der Waals surface area contributed by atoms with Gasteiger partial charge in [0, 0.05) is 18.2 Å². The van der Waals surface area contributed by atoms with Gasteiger partial charge in [-0.1, -0.05) is 0 Å². The van der Waals surface area contributed by atoms with Crippen molar-refractivity contribution in [2.24, 2.45) is 0 Å². The molecule has 1 unspecified atom stereocenters. The van der Waals surface area contributed by atoms with Crippen LogP contribution in [0.3, 0.4) is 0 Å². The minimum Gasteiger partial charge on any atom is -0.475 e. The number of carboxylic acid groups (broad SMARTS) is 1. The van der Waals surface area contributed by atoms with E-state index in [-0.39, 0.29) is 5.76 Å². The normalized spacial score (nSPS) is 20.3. The predicted molar refractivity (Wildman–Crippen MR) is 72.4 cm³/mol. The summed E-state index contributed by atoms with van der Waals surface area (Å²) in [5.74, 6) is -0.221. The average Bonchev–Trinajstić information content (AvgIpc) is 2.86. The summed E-state index contributed by atoms with van der Waals surface area (Å²) in [5, 5.41) is 8.96. The first kappa shape index (κ1) is 14.1. The largest absolute Gasteiger partial charge is 0.475 e. The van der Waals surface area contributed by atoms with Crippen molar-refractivity contribution in [1.29, 1.82) is 0 Å². The van der Waals surface area contributed by atoms with Gasteiger partial charge in [-0.25, -0.2) is 4.79 Å². The van der Waals surface area contributed by atoms with Gasteiger partial charge in [0.2, 0.25) is 5.76 Å². The van der Waals surface area contributed by atoms with Crippen molar-refractivity contribution >= 4 is 5.97 Å². The zero-order valence-electron chi connectivity index (χ0n) is 11.8. The summed E-state index contributed by atoms with van der Waals surface area (Å²) < 4.78 is 5.38. The lowest BCUT2D eigenvalue weighted by Gasteiger charge is -2.25. The summed E-state index contributed by atoms with van der Waals surface area (Å²) >= 11 is 0. The van der Waals surface area contributed by atoms with Crippen LogP contribution in [-0.4, -0.2) is 54.1 Å². The van der Waals surface area contributed by atoms with Gasteiger partial charge in [0.05, 0.1) is 6.54 Å². The lowest BCUT2D eigenvalue weighted by Crippen LogP contribution is -2.36. The fourth-order valence-electron chi connectivity index (χ4n) is 2.74. The molecule has 0 aliphatic carbocycles. The van der Waals surface area contributed by atoms with Gasteiger partial charge in [-0.3, -0.25) is 4.90 Å². The Balaban J connectivity index is 1.93. The molecular weight excluding hydrogens is 244 g/mol. The SMILES string of the molecule is Cc1cc(CN(C)CC2CCCN2C)oc1C(=O)O. The number of hydrogen-bond acceptors (Lipinski definition) is 4. The van der Waals surface area contributed by atoms with Gasteiger partial charge in [-0.05, 0) is 46.5 Å². The zero-order chi connectivity index (χ0) is 14.0. The highest BCUT2D eigenvalue weighted by atomic mass is 16.4. The van der Waals surface area contributed by atoms with E-state index in [1.807, 2.05) is 13.1 Å². The number of furan rings is 1. The molecule has 19 heavy (non-hydrogen) atoms. The molecule has 1 aliphatic heterocycles. The highest BCUT2D eigenvalue weighted by molar-refractivity contribution is 5.86. The van der Waals surface area contributed by atoms with Crippen LogP contribution >= 0.6 is 0 Å². The highest BCUT2D eigenvalue weighted by Gasteiger charge is 2.23. The number of aromatic carboxylic acids is 1. The van der Waals surface area contributed by atoms with Crippen LogP contribution in [-0.2, 0) is 6.54 Å². The van der Waals surface area contributed by atoms with Gasteiger partial charge in [0.15, 0.2) is 0 Å². The van der Waals surface area contributed by atoms with E-state index in [0.717, 1.165) is 12.3 Å². The van der Waals surface area contributed by atoms with Gasteiger partial charge < -0.3 is 14.4 Å². The van der Waals surface area contributed by atoms with Crippen LogP contribution in [0.2, 0.25) is 0 Å². The van der Waals surface area contributed by atoms with E-state index < -0.39 is 5.97 Å². The Morgan fingerprint density at radius 1 is 1.63 bits per heavy atom. The fourth-order valence-corrected chi connectivity index (χ4v) is 2.74. The van der Waals surface area contributed by atoms with Crippen LogP contribution in [0.25, 0.3) is 0 Å². The maximum Gasteiger partial charge on any atom is 0.372 e. The maximum absolute atomic E-state index is 10.9. The summed E-state index contributed by atoms with van der Waals surface area (Å²) in [5.41, 5.74) is 0.689. The number of carboxylic acids is 1. The number of likely N-dealkylation sites (tertiary alicyclic amines) is 1. The number of rotatable bonds is 5. The molecule has 1 N–H and O–H groups in total. The van der Waals surface area contributed by atoms with Crippen LogP contribution in [0.5, 0.6) is 0 Å². The number of likely N-dealkylation sites (N-methyl/N-ethyl adjacent to an activating group) is 2. The van der Waals surface area contributed by atoms with Crippen molar-refractivity contribution < 1.29 is 14.3 Å². The van der Waals surface area contributed by atoms with Gasteiger partial charge in [0.25, 0.3) is 0 Å². The van der Waals surface area contributed by atoms with E-state index in [1.165, 1.54) is 19.4 Å². The second-order valence-electron chi connectivity index (χ2n) is 5.50. The van der Waals surface area contributed by atoms with Gasteiger partial charge in [0.1, 0.15) is 5.76 Å². The quantitative estimate of drug-likeness (QED) is 0.881. The zero-order valence-corrected chi connectivity index (χ0v) is 11.8. The number of hydrogen-bond donors (Lipinski definition) is 1. The maximum atomic E-state index is 10.9. The van der Waals surface area contributed by atoms with E-state index in [4.69, 9.17) is 9.52 Å². The smallest absolute Gasteiger partial charge is 0.372 e. The van der Waals surface area contributed by atoms with Crippen LogP contribution in [0.15, 0.2) is 10.5 Å². The van der Waals surface area contributed by atoms with E-state index in [9.17, 15) is 4.79 Å². The first-order valence-corrected chi connectivity index (χ1v) is 6.68. The van der Waals surface area contributed by atoms with Crippen molar-refractivity contribution in [2.45, 2.75) is 32.4 Å². The van der Waals surface area contributed by atoms with Gasteiger partial charge >= 0.3 is 5.97 Å². The summed E-state index contributed by atoms with van der Waals surface area (Å²) in [6.45, 7) is 4.57. The lowest BCUT2D eigenvalue weighted by atomic mass is 10.2. The Hall–Kier alpha value is -1.33. The highest BCUT2D eigenvalue weighted by Crippen LogP contribution is 2.19. The lowest BCUT2D eigenvalue weighted by molar-refractivity contribution is 0.0657. The fraction of sp³-hybridized carbons (Fsp3) is 0.643. The molecule has 0 spiro atoms. The standard InChI is InChI=1S/C14H22N2O3/c1-10-7-12(19-13(10)14(17)18)9-15(2)8-11-5-4-6-16(11)3/h7,11H,4-6,8-9H2,1-3H3,(H,17,18). The molecule has 1 aliphatic rings. The molecular formula is C14H22N2O3. The Labute approximate surface area is 113 Å². The minimum atomic E-state index is -0.998. The van der Waals surface area contributed by atoms with E-state index in [1.54, 1.807) is 6.92 Å². The molecule has 1 aromatic heterocycles. The summed E-state index contributed by atoms with van der Waals surface area (Å²) in [4.78, 5) is 15.5. The molecule has 106 valence electrons. The van der Waals surface area contributed by atoms with E-state index in [0.29, 0.717) is 18.2 Å².